The Morgan fingerprint density at radius 2 is 1.15 bits per heavy atom. The lowest BCUT2D eigenvalue weighted by molar-refractivity contribution is -0.286. The van der Waals surface area contributed by atoms with E-state index >= 15 is 0 Å². The molecule has 4 heteroatoms. The fraction of sp³-hybridized carbons (Fsp3) is 1.00. The topological polar surface area (TPSA) is 13.0 Å². The van der Waals surface area contributed by atoms with Crippen LogP contribution in [0.4, 0.5) is 0 Å². The monoisotopic (exact) mass is 364 g/mol. The van der Waals surface area contributed by atoms with Crippen molar-refractivity contribution in [3.8, 4) is 0 Å². The first-order valence-electron chi connectivity index (χ1n) is 10.9. The number of piperazine rings is 1. The molecule has 4 unspecified atom stereocenters. The lowest BCUT2D eigenvalue weighted by atomic mass is 9.44. The molecule has 4 saturated heterocycles. The largest absolute Gasteiger partial charge is 0.306 e. The van der Waals surface area contributed by atoms with Crippen molar-refractivity contribution in [2.75, 3.05) is 67.5 Å². The minimum Gasteiger partial charge on any atom is -0.306 e. The Morgan fingerprint density at radius 3 is 1.42 bits per heavy atom. The molecule has 6 fully saturated rings. The first kappa shape index (κ1) is 20.6. The zero-order chi connectivity index (χ0) is 19.1. The van der Waals surface area contributed by atoms with Gasteiger partial charge in [0.15, 0.2) is 0 Å². The van der Waals surface area contributed by atoms with E-state index in [1.807, 2.05) is 0 Å². The highest BCUT2D eigenvalue weighted by molar-refractivity contribution is 5.27. The van der Waals surface area contributed by atoms with E-state index in [1.54, 1.807) is 0 Å². The second-order valence-corrected chi connectivity index (χ2v) is 10.7. The van der Waals surface area contributed by atoms with Gasteiger partial charge in [0, 0.05) is 50.8 Å². The van der Waals surface area contributed by atoms with Crippen LogP contribution >= 0.6 is 0 Å². The van der Waals surface area contributed by atoms with Crippen molar-refractivity contribution in [2.24, 2.45) is 17.3 Å². The lowest BCUT2D eigenvalue weighted by Crippen LogP contribution is -2.87. The Bertz CT molecular complexity index is 449. The molecule has 0 amide bonds. The van der Waals surface area contributed by atoms with Crippen LogP contribution in [0.3, 0.4) is 0 Å². The number of nitrogens with zero attached hydrogens (tertiary/aromatic N) is 4. The van der Waals surface area contributed by atoms with Crippen molar-refractivity contribution in [3.05, 3.63) is 0 Å². The van der Waals surface area contributed by atoms with Crippen LogP contribution < -0.4 is 0 Å². The number of piperidine rings is 1. The minimum atomic E-state index is 0.553. The van der Waals surface area contributed by atoms with E-state index in [9.17, 15) is 0 Å². The second-order valence-electron chi connectivity index (χ2n) is 10.7. The number of hydrogen-bond donors (Lipinski definition) is 0. The SMILES string of the molecule is CN1C2CC1(C)C2(C)C.CN1CC2CCC(C2)C1.CN1CCN(C)CC1. The lowest BCUT2D eigenvalue weighted by Gasteiger charge is -2.79. The van der Waals surface area contributed by atoms with Gasteiger partial charge in [-0.05, 0) is 78.0 Å². The Labute approximate surface area is 162 Å². The molecule has 26 heavy (non-hydrogen) atoms. The van der Waals surface area contributed by atoms with Crippen molar-refractivity contribution >= 4 is 0 Å². The number of hydrogen-bond acceptors (Lipinski definition) is 4. The molecule has 4 heterocycles. The van der Waals surface area contributed by atoms with E-state index < -0.39 is 0 Å². The predicted octanol–water partition coefficient (Wildman–Crippen LogP) is 2.70. The first-order chi connectivity index (χ1) is 12.1. The molecule has 6 aliphatic rings. The average molecular weight is 365 g/mol. The summed E-state index contributed by atoms with van der Waals surface area (Å²) in [5.74, 6) is 2.13. The van der Waals surface area contributed by atoms with Gasteiger partial charge in [-0.3, -0.25) is 4.90 Å². The summed E-state index contributed by atoms with van der Waals surface area (Å²) in [6.45, 7) is 14.8. The molecule has 4 atom stereocenters. The Hall–Kier alpha value is -0.160. The fourth-order valence-electron chi connectivity index (χ4n) is 5.88. The summed E-state index contributed by atoms with van der Waals surface area (Å²) in [6, 6.07) is 0.891. The summed E-state index contributed by atoms with van der Waals surface area (Å²) in [5.41, 5.74) is 1.17. The summed E-state index contributed by atoms with van der Waals surface area (Å²) < 4.78 is 0. The number of rotatable bonds is 0. The normalized spacial score (nSPS) is 41.9. The van der Waals surface area contributed by atoms with E-state index in [4.69, 9.17) is 0 Å². The van der Waals surface area contributed by atoms with Gasteiger partial charge in [0.25, 0.3) is 0 Å². The highest BCUT2D eigenvalue weighted by Crippen LogP contribution is 2.65. The van der Waals surface area contributed by atoms with Crippen LogP contribution in [0.25, 0.3) is 0 Å². The summed E-state index contributed by atoms with van der Waals surface area (Å²) in [6.07, 6.45) is 5.98. The van der Waals surface area contributed by atoms with Crippen LogP contribution in [0.15, 0.2) is 0 Å². The maximum absolute atomic E-state index is 2.49. The molecule has 0 N–H and O–H groups in total. The molecule has 4 nitrogen and oxygen atoms in total. The van der Waals surface area contributed by atoms with Crippen LogP contribution in [0.1, 0.15) is 46.5 Å². The van der Waals surface area contributed by atoms with E-state index in [1.165, 1.54) is 65.0 Å². The third kappa shape index (κ3) is 3.85. The molecule has 0 radical (unpaired) electrons. The molecular weight excluding hydrogens is 320 g/mol. The minimum absolute atomic E-state index is 0.553. The van der Waals surface area contributed by atoms with Crippen LogP contribution in [-0.4, -0.2) is 98.6 Å². The van der Waals surface area contributed by atoms with Crippen LogP contribution in [0, 0.1) is 17.3 Å². The summed E-state index contributed by atoms with van der Waals surface area (Å²) in [5, 5.41) is 0. The van der Waals surface area contributed by atoms with Gasteiger partial charge in [0.05, 0.1) is 0 Å². The first-order valence-corrected chi connectivity index (χ1v) is 10.9. The highest BCUT2D eigenvalue weighted by Gasteiger charge is 2.72. The Morgan fingerprint density at radius 1 is 0.692 bits per heavy atom. The third-order valence-electron chi connectivity index (χ3n) is 8.57. The molecule has 152 valence electrons. The van der Waals surface area contributed by atoms with Crippen molar-refractivity contribution in [2.45, 2.75) is 58.0 Å². The number of likely N-dealkylation sites (tertiary alicyclic amines) is 1. The summed E-state index contributed by atoms with van der Waals surface area (Å²) >= 11 is 0. The van der Waals surface area contributed by atoms with Gasteiger partial charge in [-0.15, -0.1) is 0 Å². The van der Waals surface area contributed by atoms with Gasteiger partial charge in [-0.25, -0.2) is 0 Å². The molecule has 6 rings (SSSR count). The van der Waals surface area contributed by atoms with Crippen molar-refractivity contribution < 1.29 is 0 Å². The second kappa shape index (κ2) is 7.69. The fourth-order valence-corrected chi connectivity index (χ4v) is 5.88. The summed E-state index contributed by atoms with van der Waals surface area (Å²) in [4.78, 5) is 9.71. The highest BCUT2D eigenvalue weighted by atomic mass is 15.4. The zero-order valence-electron chi connectivity index (χ0n) is 18.6. The average Bonchev–Trinajstić information content (AvgIpc) is 2.95. The van der Waals surface area contributed by atoms with Gasteiger partial charge in [0.2, 0.25) is 0 Å². The van der Waals surface area contributed by atoms with Crippen molar-refractivity contribution in [3.63, 3.8) is 0 Å². The maximum atomic E-state index is 2.49. The van der Waals surface area contributed by atoms with E-state index in [0.29, 0.717) is 11.0 Å². The van der Waals surface area contributed by atoms with Gasteiger partial charge in [-0.2, -0.15) is 0 Å². The Kier molecular flexibility index (Phi) is 6.09. The van der Waals surface area contributed by atoms with Crippen LogP contribution in [0.2, 0.25) is 0 Å². The van der Waals surface area contributed by atoms with Crippen LogP contribution in [0.5, 0.6) is 0 Å². The maximum Gasteiger partial charge on any atom is 0.0262 e. The predicted molar refractivity (Wildman–Crippen MR) is 112 cm³/mol. The smallest absolute Gasteiger partial charge is 0.0262 e. The molecule has 0 aromatic carbocycles. The van der Waals surface area contributed by atoms with Gasteiger partial charge in [0.1, 0.15) is 0 Å². The van der Waals surface area contributed by atoms with Gasteiger partial charge in [-0.1, -0.05) is 13.8 Å². The Balaban J connectivity index is 0.000000113. The standard InChI is InChI=1S/2C8H15N.C6H14N2/c1-7(2)6-5-8(7,3)9(6)4;1-9-5-7-2-3-8(4-7)6-9;1-7-3-5-8(2)6-4-7/h6H,5H2,1-4H3;7-8H,2-6H2,1H3;3-6H2,1-2H3. The number of fused-ring (bicyclic) bond motifs is 2. The molecule has 4 bridgehead atoms. The van der Waals surface area contributed by atoms with Gasteiger partial charge < -0.3 is 14.7 Å². The third-order valence-corrected chi connectivity index (χ3v) is 8.57. The molecule has 4 aliphatic heterocycles. The molecule has 0 aromatic heterocycles. The molecule has 0 spiro atoms. The molecule has 2 saturated carbocycles. The molecule has 0 aromatic rings. The zero-order valence-corrected chi connectivity index (χ0v) is 18.6. The van der Waals surface area contributed by atoms with E-state index in [0.717, 1.165) is 17.9 Å². The quantitative estimate of drug-likeness (QED) is 0.655. The van der Waals surface area contributed by atoms with Crippen molar-refractivity contribution in [1.29, 1.82) is 0 Å². The van der Waals surface area contributed by atoms with E-state index in [2.05, 4.69) is 68.6 Å². The van der Waals surface area contributed by atoms with Crippen LogP contribution in [-0.2, 0) is 0 Å². The van der Waals surface area contributed by atoms with Crippen molar-refractivity contribution in [1.82, 2.24) is 19.6 Å². The molecular formula is C22H44N4. The summed E-state index contributed by atoms with van der Waals surface area (Å²) in [7, 11) is 8.84. The van der Waals surface area contributed by atoms with Gasteiger partial charge >= 0.3 is 0 Å². The number of likely N-dealkylation sites (N-methyl/N-ethyl adjacent to an activating group) is 2. The molecule has 2 aliphatic carbocycles. The van der Waals surface area contributed by atoms with E-state index in [-0.39, 0.29) is 0 Å².